The summed E-state index contributed by atoms with van der Waals surface area (Å²) in [4.78, 5) is 4.70. The largest absolute Gasteiger partial charge is 0.497 e. The molecular weight excluding hydrogens is 248 g/mol. The highest BCUT2D eigenvalue weighted by Crippen LogP contribution is 2.21. The summed E-state index contributed by atoms with van der Waals surface area (Å²) >= 11 is 0. The highest BCUT2D eigenvalue weighted by Gasteiger charge is 2.04. The van der Waals surface area contributed by atoms with E-state index in [2.05, 4.69) is 31.3 Å². The van der Waals surface area contributed by atoms with Crippen LogP contribution in [0, 0.1) is 6.92 Å². The lowest BCUT2D eigenvalue weighted by molar-refractivity contribution is 0.415. The van der Waals surface area contributed by atoms with E-state index < -0.39 is 0 Å². The Balaban J connectivity index is 2.14. The summed E-state index contributed by atoms with van der Waals surface area (Å²) in [7, 11) is 1.68. The number of rotatable bonds is 6. The molecule has 0 aliphatic rings. The van der Waals surface area contributed by atoms with Crippen LogP contribution in [0.1, 0.15) is 24.6 Å². The van der Waals surface area contributed by atoms with Gasteiger partial charge in [0, 0.05) is 17.8 Å². The highest BCUT2D eigenvalue weighted by molar-refractivity contribution is 5.60. The molecule has 20 heavy (non-hydrogen) atoms. The van der Waals surface area contributed by atoms with E-state index in [1.165, 1.54) is 5.56 Å². The monoisotopic (exact) mass is 270 g/mol. The van der Waals surface area contributed by atoms with Crippen LogP contribution in [0.4, 0.5) is 0 Å². The molecule has 0 spiro atoms. The van der Waals surface area contributed by atoms with Crippen LogP contribution in [-0.2, 0) is 6.54 Å². The first-order chi connectivity index (χ1) is 9.74. The summed E-state index contributed by atoms with van der Waals surface area (Å²) in [6.07, 6.45) is 1.15. The Morgan fingerprint density at radius 1 is 1.10 bits per heavy atom. The first kappa shape index (κ1) is 14.5. The van der Waals surface area contributed by atoms with Crippen molar-refractivity contribution >= 4 is 0 Å². The van der Waals surface area contributed by atoms with Gasteiger partial charge in [0.2, 0.25) is 0 Å². The number of aromatic nitrogens is 1. The standard InChI is InChI=1S/C17H22N2O/c1-4-11-18-12-15-7-10-17(19-13(15)2)14-5-8-16(20-3)9-6-14/h5-10,18H,4,11-12H2,1-3H3. The van der Waals surface area contributed by atoms with Gasteiger partial charge in [0.25, 0.3) is 0 Å². The molecule has 0 amide bonds. The van der Waals surface area contributed by atoms with E-state index in [0.29, 0.717) is 0 Å². The normalized spacial score (nSPS) is 10.6. The van der Waals surface area contributed by atoms with Crippen molar-refractivity contribution in [3.8, 4) is 17.0 Å². The van der Waals surface area contributed by atoms with Crippen LogP contribution in [0.2, 0.25) is 0 Å². The van der Waals surface area contributed by atoms with Crippen LogP contribution >= 0.6 is 0 Å². The molecule has 2 aromatic rings. The molecule has 0 atom stereocenters. The lowest BCUT2D eigenvalue weighted by Crippen LogP contribution is -2.15. The third-order valence-corrected chi connectivity index (χ3v) is 3.32. The number of ether oxygens (including phenoxy) is 1. The van der Waals surface area contributed by atoms with E-state index in [-0.39, 0.29) is 0 Å². The van der Waals surface area contributed by atoms with Crippen LogP contribution in [-0.4, -0.2) is 18.6 Å². The maximum absolute atomic E-state index is 5.17. The number of nitrogens with zero attached hydrogens (tertiary/aromatic N) is 1. The molecule has 2 rings (SSSR count). The lowest BCUT2D eigenvalue weighted by Gasteiger charge is -2.09. The van der Waals surface area contributed by atoms with E-state index in [9.17, 15) is 0 Å². The van der Waals surface area contributed by atoms with Gasteiger partial charge in [-0.25, -0.2) is 0 Å². The van der Waals surface area contributed by atoms with Gasteiger partial charge in [-0.1, -0.05) is 13.0 Å². The zero-order chi connectivity index (χ0) is 14.4. The van der Waals surface area contributed by atoms with Gasteiger partial charge < -0.3 is 10.1 Å². The van der Waals surface area contributed by atoms with Gasteiger partial charge in [0.1, 0.15) is 5.75 Å². The number of methoxy groups -OCH3 is 1. The minimum absolute atomic E-state index is 0.867. The van der Waals surface area contributed by atoms with Crippen LogP contribution in [0.5, 0.6) is 5.75 Å². The van der Waals surface area contributed by atoms with Crippen LogP contribution in [0.3, 0.4) is 0 Å². The summed E-state index contributed by atoms with van der Waals surface area (Å²) in [5, 5.41) is 3.41. The van der Waals surface area contributed by atoms with Crippen molar-refractivity contribution in [3.63, 3.8) is 0 Å². The Hall–Kier alpha value is -1.87. The predicted octanol–water partition coefficient (Wildman–Crippen LogP) is 3.57. The SMILES string of the molecule is CCCNCc1ccc(-c2ccc(OC)cc2)nc1C. The minimum atomic E-state index is 0.867. The lowest BCUT2D eigenvalue weighted by atomic mass is 10.1. The Bertz CT molecular complexity index is 549. The molecule has 0 bridgehead atoms. The molecule has 1 aromatic carbocycles. The van der Waals surface area contributed by atoms with Crippen LogP contribution in [0.25, 0.3) is 11.3 Å². The topological polar surface area (TPSA) is 34.1 Å². The zero-order valence-corrected chi connectivity index (χ0v) is 12.4. The van der Waals surface area contributed by atoms with Crippen molar-refractivity contribution in [2.24, 2.45) is 0 Å². The Labute approximate surface area is 121 Å². The molecule has 106 valence electrons. The van der Waals surface area contributed by atoms with Crippen molar-refractivity contribution in [3.05, 3.63) is 47.7 Å². The van der Waals surface area contributed by atoms with Crippen molar-refractivity contribution in [2.45, 2.75) is 26.8 Å². The van der Waals surface area contributed by atoms with Gasteiger partial charge in [-0.3, -0.25) is 4.98 Å². The number of aryl methyl sites for hydroxylation is 1. The minimum Gasteiger partial charge on any atom is -0.497 e. The second kappa shape index (κ2) is 7.06. The molecule has 0 fully saturated rings. The molecule has 3 nitrogen and oxygen atoms in total. The second-order valence-corrected chi connectivity index (χ2v) is 4.85. The van der Waals surface area contributed by atoms with E-state index in [1.807, 2.05) is 24.3 Å². The first-order valence-electron chi connectivity index (χ1n) is 7.06. The summed E-state index contributed by atoms with van der Waals surface area (Å²) in [5.41, 5.74) is 4.46. The molecule has 1 N–H and O–H groups in total. The fourth-order valence-electron chi connectivity index (χ4n) is 2.10. The number of benzene rings is 1. The van der Waals surface area contributed by atoms with Gasteiger partial charge >= 0.3 is 0 Å². The Morgan fingerprint density at radius 3 is 2.45 bits per heavy atom. The average molecular weight is 270 g/mol. The van der Waals surface area contributed by atoms with Gasteiger partial charge in [-0.05, 0) is 55.8 Å². The van der Waals surface area contributed by atoms with Crippen molar-refractivity contribution in [1.29, 1.82) is 0 Å². The van der Waals surface area contributed by atoms with E-state index in [1.54, 1.807) is 7.11 Å². The zero-order valence-electron chi connectivity index (χ0n) is 12.4. The summed E-state index contributed by atoms with van der Waals surface area (Å²) in [5.74, 6) is 0.867. The average Bonchev–Trinajstić information content (AvgIpc) is 2.49. The molecule has 0 saturated heterocycles. The van der Waals surface area contributed by atoms with Gasteiger partial charge in [-0.2, -0.15) is 0 Å². The summed E-state index contributed by atoms with van der Waals surface area (Å²) < 4.78 is 5.17. The molecule has 1 aromatic heterocycles. The number of pyridine rings is 1. The van der Waals surface area contributed by atoms with Crippen molar-refractivity contribution in [1.82, 2.24) is 10.3 Å². The molecule has 0 saturated carbocycles. The summed E-state index contributed by atoms with van der Waals surface area (Å²) in [6.45, 7) is 6.16. The maximum atomic E-state index is 5.17. The third kappa shape index (κ3) is 3.58. The Morgan fingerprint density at radius 2 is 1.85 bits per heavy atom. The fraction of sp³-hybridized carbons (Fsp3) is 0.353. The van der Waals surface area contributed by atoms with E-state index in [0.717, 1.165) is 42.2 Å². The highest BCUT2D eigenvalue weighted by atomic mass is 16.5. The molecule has 0 radical (unpaired) electrons. The van der Waals surface area contributed by atoms with E-state index in [4.69, 9.17) is 9.72 Å². The predicted molar refractivity (Wildman–Crippen MR) is 83.0 cm³/mol. The van der Waals surface area contributed by atoms with Gasteiger partial charge in [0.05, 0.1) is 12.8 Å². The van der Waals surface area contributed by atoms with Gasteiger partial charge in [0.15, 0.2) is 0 Å². The molecule has 0 aliphatic carbocycles. The summed E-state index contributed by atoms with van der Waals surface area (Å²) in [6, 6.07) is 12.2. The van der Waals surface area contributed by atoms with Gasteiger partial charge in [-0.15, -0.1) is 0 Å². The van der Waals surface area contributed by atoms with Crippen LogP contribution in [0.15, 0.2) is 36.4 Å². The second-order valence-electron chi connectivity index (χ2n) is 4.85. The first-order valence-corrected chi connectivity index (χ1v) is 7.06. The van der Waals surface area contributed by atoms with Crippen molar-refractivity contribution in [2.75, 3.05) is 13.7 Å². The molecule has 3 heteroatoms. The molecule has 0 unspecified atom stereocenters. The maximum Gasteiger partial charge on any atom is 0.118 e. The molecular formula is C17H22N2O. The number of hydrogen-bond donors (Lipinski definition) is 1. The third-order valence-electron chi connectivity index (χ3n) is 3.32. The fourth-order valence-corrected chi connectivity index (χ4v) is 2.10. The van der Waals surface area contributed by atoms with Crippen molar-refractivity contribution < 1.29 is 4.74 Å². The smallest absolute Gasteiger partial charge is 0.118 e. The Kier molecular flexibility index (Phi) is 5.13. The molecule has 0 aliphatic heterocycles. The van der Waals surface area contributed by atoms with E-state index >= 15 is 0 Å². The molecule has 1 heterocycles. The quantitative estimate of drug-likeness (QED) is 0.815. The number of hydrogen-bond acceptors (Lipinski definition) is 3. The van der Waals surface area contributed by atoms with Crippen LogP contribution < -0.4 is 10.1 Å². The number of nitrogens with one attached hydrogen (secondary N) is 1.